The maximum absolute atomic E-state index is 11.1. The van der Waals surface area contributed by atoms with Crippen molar-refractivity contribution in [3.05, 3.63) is 12.7 Å². The summed E-state index contributed by atoms with van der Waals surface area (Å²) < 4.78 is 0. The number of rotatable bonds is 5. The number of carbonyl (C=O) groups excluding carboxylic acids is 2. The molecule has 4 heteroatoms. The van der Waals surface area contributed by atoms with Gasteiger partial charge in [0.1, 0.15) is 0 Å². The number of amides is 2. The molecule has 0 atom stereocenters. The lowest BCUT2D eigenvalue weighted by Gasteiger charge is -2.15. The first-order chi connectivity index (χ1) is 6.49. The van der Waals surface area contributed by atoms with Gasteiger partial charge in [0.25, 0.3) is 0 Å². The molecule has 0 heterocycles. The van der Waals surface area contributed by atoms with Crippen molar-refractivity contribution in [2.24, 2.45) is 5.92 Å². The van der Waals surface area contributed by atoms with Crippen LogP contribution in [-0.2, 0) is 9.59 Å². The van der Waals surface area contributed by atoms with E-state index < -0.39 is 0 Å². The predicted octanol–water partition coefficient (Wildman–Crippen LogP) is 0.403. The van der Waals surface area contributed by atoms with E-state index >= 15 is 0 Å². The Balaban J connectivity index is 3.69. The molecule has 2 amide bonds. The maximum Gasteiger partial charge on any atom is 0.245 e. The molecule has 80 valence electrons. The van der Waals surface area contributed by atoms with Crippen molar-refractivity contribution in [2.45, 2.75) is 13.8 Å². The van der Waals surface area contributed by atoms with Crippen molar-refractivity contribution < 1.29 is 9.59 Å². The highest BCUT2D eigenvalue weighted by atomic mass is 16.2. The summed E-state index contributed by atoms with van der Waals surface area (Å²) in [5.41, 5.74) is 0. The highest BCUT2D eigenvalue weighted by molar-refractivity contribution is 5.86. The molecule has 0 spiro atoms. The molecule has 0 aliphatic heterocycles. The Morgan fingerprint density at radius 3 is 2.50 bits per heavy atom. The van der Waals surface area contributed by atoms with E-state index in [-0.39, 0.29) is 17.7 Å². The minimum absolute atomic E-state index is 0.00412. The van der Waals surface area contributed by atoms with Gasteiger partial charge in [0, 0.05) is 26.1 Å². The van der Waals surface area contributed by atoms with E-state index in [4.69, 9.17) is 0 Å². The minimum Gasteiger partial charge on any atom is -0.354 e. The molecule has 0 aliphatic rings. The normalized spacial score (nSPS) is 9.71. The molecule has 0 radical (unpaired) electrons. The zero-order valence-corrected chi connectivity index (χ0v) is 9.04. The molecule has 0 rings (SSSR count). The third-order valence-electron chi connectivity index (χ3n) is 1.82. The van der Waals surface area contributed by atoms with Crippen LogP contribution in [0.3, 0.4) is 0 Å². The van der Waals surface area contributed by atoms with Gasteiger partial charge in [-0.2, -0.15) is 0 Å². The summed E-state index contributed by atoms with van der Waals surface area (Å²) in [7, 11) is 1.67. The van der Waals surface area contributed by atoms with E-state index in [1.807, 2.05) is 13.8 Å². The van der Waals surface area contributed by atoms with Gasteiger partial charge in [-0.05, 0) is 6.08 Å². The molecule has 4 nitrogen and oxygen atoms in total. The molecule has 0 aromatic carbocycles. The van der Waals surface area contributed by atoms with Crippen molar-refractivity contribution in [1.29, 1.82) is 0 Å². The van der Waals surface area contributed by atoms with Crippen LogP contribution in [0.1, 0.15) is 13.8 Å². The maximum atomic E-state index is 11.1. The number of likely N-dealkylation sites (N-methyl/N-ethyl adjacent to an activating group) is 1. The molecule has 0 fully saturated rings. The zero-order valence-electron chi connectivity index (χ0n) is 9.04. The summed E-state index contributed by atoms with van der Waals surface area (Å²) in [6.45, 7) is 8.01. The van der Waals surface area contributed by atoms with Gasteiger partial charge >= 0.3 is 0 Å². The molecular formula is C10H18N2O2. The Labute approximate surface area is 85.0 Å². The summed E-state index contributed by atoms with van der Waals surface area (Å²) in [5.74, 6) is -0.149. The topological polar surface area (TPSA) is 49.4 Å². The Kier molecular flexibility index (Phi) is 5.60. The van der Waals surface area contributed by atoms with Crippen molar-refractivity contribution >= 4 is 11.8 Å². The van der Waals surface area contributed by atoms with Crippen LogP contribution in [0.5, 0.6) is 0 Å². The standard InChI is InChI=1S/C10H18N2O2/c1-5-9(13)12(4)7-6-11-10(14)8(2)3/h5,8H,1,6-7H2,2-4H3,(H,11,14). The molecule has 0 bridgehead atoms. The summed E-state index contributed by atoms with van der Waals surface area (Å²) in [4.78, 5) is 23.7. The van der Waals surface area contributed by atoms with Crippen molar-refractivity contribution in [3.63, 3.8) is 0 Å². The van der Waals surface area contributed by atoms with Gasteiger partial charge < -0.3 is 10.2 Å². The molecule has 0 unspecified atom stereocenters. The molecule has 0 aromatic rings. The second-order valence-electron chi connectivity index (χ2n) is 3.41. The second-order valence-corrected chi connectivity index (χ2v) is 3.41. The first kappa shape index (κ1) is 12.7. The van der Waals surface area contributed by atoms with E-state index in [9.17, 15) is 9.59 Å². The van der Waals surface area contributed by atoms with Gasteiger partial charge in [0.2, 0.25) is 11.8 Å². The lowest BCUT2D eigenvalue weighted by Crippen LogP contribution is -2.36. The van der Waals surface area contributed by atoms with Crippen LogP contribution in [0.2, 0.25) is 0 Å². The van der Waals surface area contributed by atoms with E-state index in [1.54, 1.807) is 7.05 Å². The fourth-order valence-corrected chi connectivity index (χ4v) is 0.817. The van der Waals surface area contributed by atoms with Gasteiger partial charge in [-0.15, -0.1) is 0 Å². The molecule has 0 aromatic heterocycles. The van der Waals surface area contributed by atoms with E-state index in [0.29, 0.717) is 13.1 Å². The molecule has 1 N–H and O–H groups in total. The first-order valence-electron chi connectivity index (χ1n) is 4.64. The van der Waals surface area contributed by atoms with E-state index in [0.717, 1.165) is 0 Å². The minimum atomic E-state index is -0.135. The van der Waals surface area contributed by atoms with Gasteiger partial charge in [0.15, 0.2) is 0 Å². The Morgan fingerprint density at radius 1 is 1.50 bits per heavy atom. The van der Waals surface area contributed by atoms with Crippen LogP contribution in [0.4, 0.5) is 0 Å². The van der Waals surface area contributed by atoms with E-state index in [2.05, 4.69) is 11.9 Å². The zero-order chi connectivity index (χ0) is 11.1. The fraction of sp³-hybridized carbons (Fsp3) is 0.600. The smallest absolute Gasteiger partial charge is 0.245 e. The molecular weight excluding hydrogens is 180 g/mol. The molecule has 0 aliphatic carbocycles. The molecule has 0 saturated carbocycles. The summed E-state index contributed by atoms with van der Waals surface area (Å²) in [5, 5.41) is 2.72. The van der Waals surface area contributed by atoms with Crippen LogP contribution < -0.4 is 5.32 Å². The third kappa shape index (κ3) is 4.64. The van der Waals surface area contributed by atoms with Crippen LogP contribution in [0.25, 0.3) is 0 Å². The monoisotopic (exact) mass is 198 g/mol. The largest absolute Gasteiger partial charge is 0.354 e. The van der Waals surface area contributed by atoms with Gasteiger partial charge in [-0.3, -0.25) is 9.59 Å². The SMILES string of the molecule is C=CC(=O)N(C)CCNC(=O)C(C)C. The summed E-state index contributed by atoms with van der Waals surface area (Å²) in [6.07, 6.45) is 1.25. The van der Waals surface area contributed by atoms with Crippen molar-refractivity contribution in [1.82, 2.24) is 10.2 Å². The lowest BCUT2D eigenvalue weighted by molar-refractivity contribution is -0.126. The number of hydrogen-bond donors (Lipinski definition) is 1. The highest BCUT2D eigenvalue weighted by Crippen LogP contribution is 1.90. The predicted molar refractivity (Wildman–Crippen MR) is 55.7 cm³/mol. The van der Waals surface area contributed by atoms with Crippen LogP contribution in [-0.4, -0.2) is 36.9 Å². The Hall–Kier alpha value is -1.32. The average molecular weight is 198 g/mol. The first-order valence-corrected chi connectivity index (χ1v) is 4.64. The second kappa shape index (κ2) is 6.18. The third-order valence-corrected chi connectivity index (χ3v) is 1.82. The highest BCUT2D eigenvalue weighted by Gasteiger charge is 2.07. The van der Waals surface area contributed by atoms with Crippen LogP contribution >= 0.6 is 0 Å². The number of nitrogens with zero attached hydrogens (tertiary/aromatic N) is 1. The average Bonchev–Trinajstić information content (AvgIpc) is 2.15. The molecule has 0 saturated heterocycles. The van der Waals surface area contributed by atoms with E-state index in [1.165, 1.54) is 11.0 Å². The van der Waals surface area contributed by atoms with Crippen molar-refractivity contribution in [2.75, 3.05) is 20.1 Å². The molecule has 14 heavy (non-hydrogen) atoms. The quantitative estimate of drug-likeness (QED) is 0.650. The summed E-state index contributed by atoms with van der Waals surface area (Å²) in [6, 6.07) is 0. The summed E-state index contributed by atoms with van der Waals surface area (Å²) >= 11 is 0. The number of nitrogens with one attached hydrogen (secondary N) is 1. The number of carbonyl (C=O) groups is 2. The number of hydrogen-bond acceptors (Lipinski definition) is 2. The van der Waals surface area contributed by atoms with Gasteiger partial charge in [-0.25, -0.2) is 0 Å². The fourth-order valence-electron chi connectivity index (χ4n) is 0.817. The van der Waals surface area contributed by atoms with Gasteiger partial charge in [0.05, 0.1) is 0 Å². The van der Waals surface area contributed by atoms with Gasteiger partial charge in [-0.1, -0.05) is 20.4 Å². The lowest BCUT2D eigenvalue weighted by atomic mass is 10.2. The van der Waals surface area contributed by atoms with Crippen molar-refractivity contribution in [3.8, 4) is 0 Å². The van der Waals surface area contributed by atoms with Crippen LogP contribution in [0, 0.1) is 5.92 Å². The Morgan fingerprint density at radius 2 is 2.07 bits per heavy atom. The van der Waals surface area contributed by atoms with Crippen LogP contribution in [0.15, 0.2) is 12.7 Å². The Bertz CT molecular complexity index is 224.